The normalized spacial score (nSPS) is 9.67. The summed E-state index contributed by atoms with van der Waals surface area (Å²) in [5.74, 6) is -0.462. The van der Waals surface area contributed by atoms with Crippen LogP contribution in [0.4, 0.5) is 0 Å². The van der Waals surface area contributed by atoms with Gasteiger partial charge in [0.1, 0.15) is 12.7 Å². The largest absolute Gasteiger partial charge is 0.352 e. The minimum Gasteiger partial charge on any atom is -0.352 e. The molecule has 0 atom stereocenters. The number of rotatable bonds is 4. The highest BCUT2D eigenvalue weighted by Crippen LogP contribution is 1.89. The fraction of sp³-hybridized carbons (Fsp3) is 0.333. The van der Waals surface area contributed by atoms with E-state index in [-0.39, 0.29) is 24.8 Å². The number of amides is 1. The molecule has 0 radical (unpaired) electrons. The predicted octanol–water partition coefficient (Wildman–Crippen LogP) is 0.000700. The zero-order valence-electron chi connectivity index (χ0n) is 8.43. The third kappa shape index (κ3) is 3.34. The van der Waals surface area contributed by atoms with Gasteiger partial charge in [0.25, 0.3) is 0 Å². The van der Waals surface area contributed by atoms with Crippen molar-refractivity contribution in [3.8, 4) is 0 Å². The number of hydrogen-bond donors (Lipinski definition) is 1. The summed E-state index contributed by atoms with van der Waals surface area (Å²) in [7, 11) is 0. The number of nitrogens with one attached hydrogen (secondary N) is 1. The van der Waals surface area contributed by atoms with Crippen LogP contribution in [-0.4, -0.2) is 33.1 Å². The zero-order valence-corrected chi connectivity index (χ0v) is 8.43. The van der Waals surface area contributed by atoms with E-state index in [4.69, 9.17) is 0 Å². The minimum atomic E-state index is -0.249. The van der Waals surface area contributed by atoms with Crippen LogP contribution >= 0.6 is 0 Å². The average Bonchev–Trinajstić information content (AvgIpc) is 2.70. The standard InChI is InChI=1S/C9H12N4O2/c1-7(2)9(15)11-4-3-8(14)13-6-10-5-12-13/h5-6H,1,3-4H2,2H3,(H,11,15). The molecule has 1 amide bonds. The first-order valence-corrected chi connectivity index (χ1v) is 4.43. The van der Waals surface area contributed by atoms with Crippen molar-refractivity contribution in [1.29, 1.82) is 0 Å². The fourth-order valence-electron chi connectivity index (χ4n) is 0.885. The van der Waals surface area contributed by atoms with Crippen LogP contribution in [0, 0.1) is 0 Å². The maximum Gasteiger partial charge on any atom is 0.250 e. The summed E-state index contributed by atoms with van der Waals surface area (Å²) in [6.07, 6.45) is 2.79. The lowest BCUT2D eigenvalue weighted by molar-refractivity contribution is -0.117. The summed E-state index contributed by atoms with van der Waals surface area (Å²) in [5.41, 5.74) is 0.420. The topological polar surface area (TPSA) is 76.9 Å². The molecule has 0 saturated carbocycles. The van der Waals surface area contributed by atoms with Gasteiger partial charge in [-0.1, -0.05) is 6.58 Å². The first kappa shape index (κ1) is 11.1. The van der Waals surface area contributed by atoms with Crippen LogP contribution in [0.3, 0.4) is 0 Å². The Morgan fingerprint density at radius 2 is 2.27 bits per heavy atom. The molecule has 0 aromatic carbocycles. The summed E-state index contributed by atoms with van der Waals surface area (Å²) < 4.78 is 1.13. The van der Waals surface area contributed by atoms with Gasteiger partial charge in [-0.2, -0.15) is 9.78 Å². The molecule has 6 heteroatoms. The van der Waals surface area contributed by atoms with Crippen molar-refractivity contribution in [3.63, 3.8) is 0 Å². The van der Waals surface area contributed by atoms with Gasteiger partial charge in [0.05, 0.1) is 0 Å². The summed E-state index contributed by atoms with van der Waals surface area (Å²) >= 11 is 0. The van der Waals surface area contributed by atoms with Crippen LogP contribution in [0.15, 0.2) is 24.8 Å². The fourth-order valence-corrected chi connectivity index (χ4v) is 0.885. The van der Waals surface area contributed by atoms with Crippen LogP contribution in [-0.2, 0) is 4.79 Å². The van der Waals surface area contributed by atoms with Crippen LogP contribution in [0.25, 0.3) is 0 Å². The molecule has 0 aliphatic carbocycles. The molecule has 1 N–H and O–H groups in total. The summed E-state index contributed by atoms with van der Waals surface area (Å²) in [4.78, 5) is 26.0. The van der Waals surface area contributed by atoms with E-state index >= 15 is 0 Å². The molecular weight excluding hydrogens is 196 g/mol. The maximum atomic E-state index is 11.3. The molecule has 1 aromatic heterocycles. The van der Waals surface area contributed by atoms with Gasteiger partial charge in [0.2, 0.25) is 11.8 Å². The van der Waals surface area contributed by atoms with Crippen LogP contribution in [0.5, 0.6) is 0 Å². The molecule has 0 aliphatic rings. The van der Waals surface area contributed by atoms with Crippen molar-refractivity contribution in [2.45, 2.75) is 13.3 Å². The first-order chi connectivity index (χ1) is 7.11. The van der Waals surface area contributed by atoms with E-state index in [1.807, 2.05) is 0 Å². The SMILES string of the molecule is C=C(C)C(=O)NCCC(=O)n1cncn1. The average molecular weight is 208 g/mol. The number of carbonyl (C=O) groups is 2. The Kier molecular flexibility index (Phi) is 3.73. The van der Waals surface area contributed by atoms with E-state index in [1.54, 1.807) is 6.92 Å². The Morgan fingerprint density at radius 1 is 1.53 bits per heavy atom. The molecule has 0 unspecified atom stereocenters. The Morgan fingerprint density at radius 3 is 2.80 bits per heavy atom. The highest BCUT2D eigenvalue weighted by molar-refractivity contribution is 5.92. The van der Waals surface area contributed by atoms with Gasteiger partial charge >= 0.3 is 0 Å². The van der Waals surface area contributed by atoms with Crippen LogP contribution in [0.1, 0.15) is 18.1 Å². The molecule has 1 rings (SSSR count). The first-order valence-electron chi connectivity index (χ1n) is 4.43. The highest BCUT2D eigenvalue weighted by atomic mass is 16.2. The van der Waals surface area contributed by atoms with Gasteiger partial charge in [-0.15, -0.1) is 0 Å². The molecule has 80 valence electrons. The third-order valence-corrected chi connectivity index (χ3v) is 1.69. The lowest BCUT2D eigenvalue weighted by Crippen LogP contribution is -2.27. The van der Waals surface area contributed by atoms with E-state index in [0.717, 1.165) is 4.68 Å². The van der Waals surface area contributed by atoms with E-state index in [0.29, 0.717) is 5.57 Å². The second-order valence-corrected chi connectivity index (χ2v) is 3.02. The number of carbonyl (C=O) groups excluding carboxylic acids is 2. The molecule has 1 aromatic rings. The van der Waals surface area contributed by atoms with Gasteiger partial charge in [-0.25, -0.2) is 4.98 Å². The molecule has 0 fully saturated rings. The van der Waals surface area contributed by atoms with Crippen molar-refractivity contribution in [2.24, 2.45) is 0 Å². The zero-order chi connectivity index (χ0) is 11.3. The summed E-state index contributed by atoms with van der Waals surface area (Å²) in [6, 6.07) is 0. The van der Waals surface area contributed by atoms with Gasteiger partial charge in [0.15, 0.2) is 0 Å². The molecule has 1 heterocycles. The smallest absolute Gasteiger partial charge is 0.250 e. The Balaban J connectivity index is 2.30. The van der Waals surface area contributed by atoms with Crippen LogP contribution in [0.2, 0.25) is 0 Å². The summed E-state index contributed by atoms with van der Waals surface area (Å²) in [6.45, 7) is 5.35. The molecule has 6 nitrogen and oxygen atoms in total. The monoisotopic (exact) mass is 208 g/mol. The molecule has 15 heavy (non-hydrogen) atoms. The Bertz CT molecular complexity index is 369. The second-order valence-electron chi connectivity index (χ2n) is 3.02. The number of nitrogens with zero attached hydrogens (tertiary/aromatic N) is 3. The van der Waals surface area contributed by atoms with E-state index < -0.39 is 0 Å². The number of aromatic nitrogens is 3. The van der Waals surface area contributed by atoms with Crippen molar-refractivity contribution >= 4 is 11.8 Å². The van der Waals surface area contributed by atoms with E-state index in [9.17, 15) is 9.59 Å². The third-order valence-electron chi connectivity index (χ3n) is 1.69. The van der Waals surface area contributed by atoms with E-state index in [2.05, 4.69) is 22.0 Å². The second kappa shape index (κ2) is 5.04. The quantitative estimate of drug-likeness (QED) is 0.706. The highest BCUT2D eigenvalue weighted by Gasteiger charge is 2.06. The van der Waals surface area contributed by atoms with Gasteiger partial charge in [-0.05, 0) is 6.92 Å². The summed E-state index contributed by atoms with van der Waals surface area (Å²) in [5, 5.41) is 6.23. The molecule has 0 aliphatic heterocycles. The van der Waals surface area contributed by atoms with Crippen molar-refractivity contribution in [2.75, 3.05) is 6.54 Å². The van der Waals surface area contributed by atoms with Crippen molar-refractivity contribution < 1.29 is 9.59 Å². The molecule has 0 spiro atoms. The molecule has 0 bridgehead atoms. The number of hydrogen-bond acceptors (Lipinski definition) is 4. The Labute approximate surface area is 87.0 Å². The van der Waals surface area contributed by atoms with Gasteiger partial charge < -0.3 is 5.32 Å². The minimum absolute atomic E-state index is 0.183. The molecular formula is C9H12N4O2. The van der Waals surface area contributed by atoms with E-state index in [1.165, 1.54) is 12.7 Å². The lowest BCUT2D eigenvalue weighted by atomic mass is 10.3. The lowest BCUT2D eigenvalue weighted by Gasteiger charge is -2.03. The Hall–Kier alpha value is -1.98. The molecule has 0 saturated heterocycles. The predicted molar refractivity (Wildman–Crippen MR) is 53.1 cm³/mol. The van der Waals surface area contributed by atoms with Gasteiger partial charge in [0, 0.05) is 18.5 Å². The van der Waals surface area contributed by atoms with Crippen molar-refractivity contribution in [3.05, 3.63) is 24.8 Å². The van der Waals surface area contributed by atoms with Crippen molar-refractivity contribution in [1.82, 2.24) is 20.1 Å². The maximum absolute atomic E-state index is 11.3. The van der Waals surface area contributed by atoms with Crippen LogP contribution < -0.4 is 5.32 Å². The van der Waals surface area contributed by atoms with Gasteiger partial charge in [-0.3, -0.25) is 9.59 Å².